The number of benzene rings is 3. The number of carbonyl (C=O) groups is 1. The predicted molar refractivity (Wildman–Crippen MR) is 105 cm³/mol. The molecule has 2 nitrogen and oxygen atoms in total. The molecule has 3 aromatic rings. The first kappa shape index (κ1) is 17.9. The van der Waals surface area contributed by atoms with Gasteiger partial charge in [-0.05, 0) is 60.1 Å². The molecule has 0 heterocycles. The number of aryl methyl sites for hydroxylation is 4. The molecule has 0 radical (unpaired) electrons. The van der Waals surface area contributed by atoms with Gasteiger partial charge in [0, 0.05) is 0 Å². The summed E-state index contributed by atoms with van der Waals surface area (Å²) in [5, 5.41) is 0. The molecular formula is C24H24O2. The molecule has 26 heavy (non-hydrogen) atoms. The van der Waals surface area contributed by atoms with Crippen LogP contribution in [-0.4, -0.2) is 13.1 Å². The van der Waals surface area contributed by atoms with Crippen LogP contribution in [0.2, 0.25) is 0 Å². The van der Waals surface area contributed by atoms with Gasteiger partial charge in [-0.15, -0.1) is 0 Å². The first-order chi connectivity index (χ1) is 12.8. The second-order valence-corrected chi connectivity index (χ2v) is 6.44. The van der Waals surface area contributed by atoms with E-state index in [0.29, 0.717) is 5.56 Å². The van der Waals surface area contributed by atoms with Gasteiger partial charge >= 0.3 is 5.97 Å². The normalized spacial score (nSPS) is 10.5. The Balaban J connectivity index is 1.62. The van der Waals surface area contributed by atoms with Crippen molar-refractivity contribution in [3.63, 3.8) is 0 Å². The average molecular weight is 344 g/mol. The molecule has 3 rings (SSSR count). The lowest BCUT2D eigenvalue weighted by atomic mass is 9.95. The van der Waals surface area contributed by atoms with Gasteiger partial charge in [0.1, 0.15) is 0 Å². The molecule has 0 saturated carbocycles. The molecule has 0 unspecified atom stereocenters. The van der Waals surface area contributed by atoms with E-state index in [2.05, 4.69) is 54.6 Å². The fraction of sp³-hybridized carbons (Fsp3) is 0.208. The van der Waals surface area contributed by atoms with Gasteiger partial charge in [0.15, 0.2) is 0 Å². The summed E-state index contributed by atoms with van der Waals surface area (Å²) in [6.45, 7) is 0. The van der Waals surface area contributed by atoms with Gasteiger partial charge in [-0.2, -0.15) is 0 Å². The highest BCUT2D eigenvalue weighted by Crippen LogP contribution is 2.16. The lowest BCUT2D eigenvalue weighted by Crippen LogP contribution is -2.02. The van der Waals surface area contributed by atoms with Gasteiger partial charge in [0.05, 0.1) is 12.7 Å². The molecule has 0 aliphatic heterocycles. The minimum atomic E-state index is -0.289. The van der Waals surface area contributed by atoms with Crippen LogP contribution in [-0.2, 0) is 30.4 Å². The van der Waals surface area contributed by atoms with Gasteiger partial charge in [-0.3, -0.25) is 0 Å². The van der Waals surface area contributed by atoms with E-state index in [1.165, 1.54) is 29.4 Å². The number of carbonyl (C=O) groups excluding carboxylic acids is 1. The van der Waals surface area contributed by atoms with Gasteiger partial charge < -0.3 is 4.74 Å². The Bertz CT molecular complexity index is 836. The van der Waals surface area contributed by atoms with Crippen LogP contribution in [0.15, 0.2) is 78.9 Å². The summed E-state index contributed by atoms with van der Waals surface area (Å²) in [6.07, 6.45) is 4.08. The quantitative estimate of drug-likeness (QED) is 0.561. The van der Waals surface area contributed by atoms with E-state index in [-0.39, 0.29) is 5.97 Å². The maximum Gasteiger partial charge on any atom is 0.337 e. The molecule has 0 spiro atoms. The Morgan fingerprint density at radius 2 is 1.15 bits per heavy atom. The molecule has 0 N–H and O–H groups in total. The zero-order valence-corrected chi connectivity index (χ0v) is 15.2. The highest BCUT2D eigenvalue weighted by molar-refractivity contribution is 5.89. The number of rotatable bonds is 7. The summed E-state index contributed by atoms with van der Waals surface area (Å²) < 4.78 is 4.75. The number of hydrogen-bond donors (Lipinski definition) is 0. The Labute approximate surface area is 155 Å². The minimum Gasteiger partial charge on any atom is -0.465 e. The predicted octanol–water partition coefficient (Wildman–Crippen LogP) is 5.04. The summed E-state index contributed by atoms with van der Waals surface area (Å²) in [4.78, 5) is 11.5. The monoisotopic (exact) mass is 344 g/mol. The van der Waals surface area contributed by atoms with Crippen LogP contribution in [0.1, 0.15) is 32.6 Å². The molecule has 132 valence electrons. The largest absolute Gasteiger partial charge is 0.465 e. The van der Waals surface area contributed by atoms with Crippen molar-refractivity contribution in [3.8, 4) is 0 Å². The van der Waals surface area contributed by atoms with E-state index in [4.69, 9.17) is 4.74 Å². The molecule has 0 fully saturated rings. The SMILES string of the molecule is COC(=O)c1ccc(CCc2ccccc2CCc2ccccc2)cc1. The third kappa shape index (κ3) is 4.82. The zero-order chi connectivity index (χ0) is 18.2. The van der Waals surface area contributed by atoms with Crippen molar-refractivity contribution in [1.82, 2.24) is 0 Å². The summed E-state index contributed by atoms with van der Waals surface area (Å²) >= 11 is 0. The first-order valence-electron chi connectivity index (χ1n) is 9.04. The third-order valence-electron chi connectivity index (χ3n) is 4.70. The molecule has 0 aliphatic carbocycles. The molecule has 0 atom stereocenters. The number of esters is 1. The highest BCUT2D eigenvalue weighted by Gasteiger charge is 2.06. The fourth-order valence-electron chi connectivity index (χ4n) is 3.17. The van der Waals surface area contributed by atoms with Crippen molar-refractivity contribution < 1.29 is 9.53 Å². The maximum atomic E-state index is 11.5. The summed E-state index contributed by atoms with van der Waals surface area (Å²) in [5.41, 5.74) is 6.03. The Morgan fingerprint density at radius 3 is 1.69 bits per heavy atom. The van der Waals surface area contributed by atoms with E-state index >= 15 is 0 Å². The Morgan fingerprint density at radius 1 is 0.654 bits per heavy atom. The van der Waals surface area contributed by atoms with Crippen molar-refractivity contribution in [2.75, 3.05) is 7.11 Å². The maximum absolute atomic E-state index is 11.5. The second kappa shape index (κ2) is 9.00. The van der Waals surface area contributed by atoms with Crippen molar-refractivity contribution in [1.29, 1.82) is 0 Å². The Kier molecular flexibility index (Phi) is 6.21. The van der Waals surface area contributed by atoms with Crippen LogP contribution in [0, 0.1) is 0 Å². The van der Waals surface area contributed by atoms with E-state index in [1.54, 1.807) is 0 Å². The fourth-order valence-corrected chi connectivity index (χ4v) is 3.17. The molecule has 2 heteroatoms. The third-order valence-corrected chi connectivity index (χ3v) is 4.70. The molecule has 0 bridgehead atoms. The van der Waals surface area contributed by atoms with Crippen LogP contribution in [0.5, 0.6) is 0 Å². The van der Waals surface area contributed by atoms with Crippen LogP contribution >= 0.6 is 0 Å². The average Bonchev–Trinajstić information content (AvgIpc) is 2.72. The smallest absolute Gasteiger partial charge is 0.337 e. The van der Waals surface area contributed by atoms with Crippen LogP contribution in [0.25, 0.3) is 0 Å². The summed E-state index contributed by atoms with van der Waals surface area (Å²) in [5.74, 6) is -0.289. The van der Waals surface area contributed by atoms with E-state index in [1.807, 2.05) is 24.3 Å². The topological polar surface area (TPSA) is 26.3 Å². The summed E-state index contributed by atoms with van der Waals surface area (Å²) in [7, 11) is 1.41. The summed E-state index contributed by atoms with van der Waals surface area (Å²) in [6, 6.07) is 27.0. The number of hydrogen-bond acceptors (Lipinski definition) is 2. The van der Waals surface area contributed by atoms with Gasteiger partial charge in [0.2, 0.25) is 0 Å². The van der Waals surface area contributed by atoms with Crippen LogP contribution < -0.4 is 0 Å². The van der Waals surface area contributed by atoms with E-state index in [9.17, 15) is 4.79 Å². The molecule has 3 aromatic carbocycles. The minimum absolute atomic E-state index is 0.289. The second-order valence-electron chi connectivity index (χ2n) is 6.44. The first-order valence-corrected chi connectivity index (χ1v) is 9.04. The highest BCUT2D eigenvalue weighted by atomic mass is 16.5. The van der Waals surface area contributed by atoms with Gasteiger partial charge in [-0.25, -0.2) is 4.79 Å². The lowest BCUT2D eigenvalue weighted by Gasteiger charge is -2.10. The molecular weight excluding hydrogens is 320 g/mol. The van der Waals surface area contributed by atoms with Crippen molar-refractivity contribution in [2.45, 2.75) is 25.7 Å². The van der Waals surface area contributed by atoms with Crippen LogP contribution in [0.3, 0.4) is 0 Å². The van der Waals surface area contributed by atoms with E-state index < -0.39 is 0 Å². The number of methoxy groups -OCH3 is 1. The van der Waals surface area contributed by atoms with Crippen molar-refractivity contribution in [2.24, 2.45) is 0 Å². The van der Waals surface area contributed by atoms with Crippen molar-refractivity contribution >= 4 is 5.97 Å². The van der Waals surface area contributed by atoms with Gasteiger partial charge in [-0.1, -0.05) is 66.7 Å². The van der Waals surface area contributed by atoms with Gasteiger partial charge in [0.25, 0.3) is 0 Å². The Hall–Kier alpha value is -2.87. The molecule has 0 aromatic heterocycles. The zero-order valence-electron chi connectivity index (χ0n) is 15.2. The molecule has 0 aliphatic rings. The van der Waals surface area contributed by atoms with Crippen LogP contribution in [0.4, 0.5) is 0 Å². The van der Waals surface area contributed by atoms with E-state index in [0.717, 1.165) is 25.7 Å². The number of ether oxygens (including phenoxy) is 1. The van der Waals surface area contributed by atoms with Crippen molar-refractivity contribution in [3.05, 3.63) is 107 Å². The molecule has 0 amide bonds. The standard InChI is InChI=1S/C24H24O2/c1-26-24(25)23-17-13-20(14-18-23)12-16-22-10-6-5-9-21(22)15-11-19-7-3-2-4-8-19/h2-10,13-14,17-18H,11-12,15-16H2,1H3. The lowest BCUT2D eigenvalue weighted by molar-refractivity contribution is 0.0600. The molecule has 0 saturated heterocycles.